The van der Waals surface area contributed by atoms with Gasteiger partial charge in [-0.15, -0.1) is 0 Å². The van der Waals surface area contributed by atoms with E-state index >= 15 is 0 Å². The Morgan fingerprint density at radius 1 is 0.917 bits per heavy atom. The molecule has 5 rings (SSSR count). The van der Waals surface area contributed by atoms with Crippen LogP contribution in [0, 0.1) is 26.2 Å². The van der Waals surface area contributed by atoms with E-state index in [0.29, 0.717) is 17.7 Å². The van der Waals surface area contributed by atoms with Gasteiger partial charge in [-0.3, -0.25) is 0 Å². The fourth-order valence-corrected chi connectivity index (χ4v) is 5.24. The fourth-order valence-electron chi connectivity index (χ4n) is 4.54. The number of hydrogen-bond donors (Lipinski definition) is 1. The highest BCUT2D eigenvalue weighted by molar-refractivity contribution is 14.1. The molecule has 1 heterocycles. The average molecular weight is 579 g/mol. The number of hydrogen-bond acceptors (Lipinski definition) is 4. The summed E-state index contributed by atoms with van der Waals surface area (Å²) < 4.78 is 2.94. The van der Waals surface area contributed by atoms with Crippen LogP contribution in [0.4, 0.5) is 0 Å². The lowest BCUT2D eigenvalue weighted by Gasteiger charge is -2.21. The van der Waals surface area contributed by atoms with E-state index in [0.717, 1.165) is 42.3 Å². The van der Waals surface area contributed by atoms with Crippen molar-refractivity contribution in [1.82, 2.24) is 14.9 Å². The quantitative estimate of drug-likeness (QED) is 0.234. The molecule has 0 bridgehead atoms. The summed E-state index contributed by atoms with van der Waals surface area (Å²) in [7, 11) is 1.98. The van der Waals surface area contributed by atoms with E-state index < -0.39 is 0 Å². The minimum absolute atomic E-state index is 0.146. The normalized spacial score (nSPS) is 11.7. The Hall–Kier alpha value is -3.98. The zero-order chi connectivity index (χ0) is 25.1. The minimum Gasteiger partial charge on any atom is -0.336 e. The maximum atomic E-state index is 9.93. The first-order valence-corrected chi connectivity index (χ1v) is 12.6. The van der Waals surface area contributed by atoms with Crippen LogP contribution in [0.15, 0.2) is 91.4 Å². The van der Waals surface area contributed by atoms with Gasteiger partial charge in [0.25, 0.3) is 0 Å². The van der Waals surface area contributed by atoms with Crippen molar-refractivity contribution in [2.45, 2.75) is 12.6 Å². The summed E-state index contributed by atoms with van der Waals surface area (Å²) >= 11 is 2.20. The van der Waals surface area contributed by atoms with Crippen LogP contribution >= 0.6 is 22.6 Å². The van der Waals surface area contributed by atoms with Crippen LogP contribution in [0.5, 0.6) is 0 Å². The lowest BCUT2D eigenvalue weighted by Crippen LogP contribution is -2.24. The topological polar surface area (TPSA) is 77.4 Å². The van der Waals surface area contributed by atoms with Crippen LogP contribution < -0.4 is 5.32 Å². The number of imidazole rings is 1. The van der Waals surface area contributed by atoms with Crippen molar-refractivity contribution < 1.29 is 0 Å². The van der Waals surface area contributed by atoms with Gasteiger partial charge in [-0.25, -0.2) is 4.98 Å². The maximum absolute atomic E-state index is 9.93. The van der Waals surface area contributed by atoms with Crippen LogP contribution in [-0.4, -0.2) is 9.55 Å². The lowest BCUT2D eigenvalue weighted by atomic mass is 9.91. The Morgan fingerprint density at radius 2 is 1.69 bits per heavy atom. The molecule has 0 fully saturated rings. The van der Waals surface area contributed by atoms with Crippen molar-refractivity contribution in [3.8, 4) is 23.3 Å². The predicted octanol–water partition coefficient (Wildman–Crippen LogP) is 6.47. The van der Waals surface area contributed by atoms with E-state index in [4.69, 9.17) is 0 Å². The molecule has 174 valence electrons. The molecule has 5 nitrogen and oxygen atoms in total. The Kier molecular flexibility index (Phi) is 6.81. The number of fused-ring (bicyclic) bond motifs is 1. The van der Waals surface area contributed by atoms with Gasteiger partial charge in [-0.05, 0) is 74.3 Å². The van der Waals surface area contributed by atoms with Gasteiger partial charge in [-0.1, -0.05) is 54.6 Å². The zero-order valence-corrected chi connectivity index (χ0v) is 21.8. The number of aromatic nitrogens is 2. The van der Waals surface area contributed by atoms with Crippen LogP contribution in [0.2, 0.25) is 0 Å². The first-order valence-electron chi connectivity index (χ1n) is 11.5. The van der Waals surface area contributed by atoms with E-state index in [9.17, 15) is 10.5 Å². The molecule has 5 aromatic rings. The lowest BCUT2D eigenvalue weighted by molar-refractivity contribution is 0.573. The fraction of sp³-hybridized carbons (Fsp3) is 0.100. The smallest absolute Gasteiger partial charge is 0.100 e. The molecule has 0 aliphatic heterocycles. The number of nitriles is 2. The molecular weight excluding hydrogens is 557 g/mol. The van der Waals surface area contributed by atoms with Crippen molar-refractivity contribution in [3.63, 3.8) is 0 Å². The van der Waals surface area contributed by atoms with E-state index in [1.807, 2.05) is 66.3 Å². The highest BCUT2D eigenvalue weighted by atomic mass is 127. The highest BCUT2D eigenvalue weighted by Gasteiger charge is 2.20. The number of benzene rings is 4. The highest BCUT2D eigenvalue weighted by Crippen LogP contribution is 2.34. The third-order valence-electron chi connectivity index (χ3n) is 6.39. The van der Waals surface area contributed by atoms with Crippen LogP contribution in [0.3, 0.4) is 0 Å². The van der Waals surface area contributed by atoms with Gasteiger partial charge in [0.15, 0.2) is 0 Å². The SMILES string of the molecule is Cn1cncc1C(NCc1ccc(C#N)c(I)c1)c1ccc(C#N)c(-c2cccc3ccccc23)c1. The first kappa shape index (κ1) is 23.7. The Labute approximate surface area is 223 Å². The van der Waals surface area contributed by atoms with Gasteiger partial charge in [0.1, 0.15) is 6.07 Å². The Balaban J connectivity index is 1.58. The molecular formula is C30H22IN5. The molecule has 36 heavy (non-hydrogen) atoms. The standard InChI is InChI=1S/C30H22IN5/c1-36-19-34-18-29(36)30(35-17-20-9-10-24(16-33)28(31)13-20)22-11-12-23(15-32)27(14-22)26-8-4-6-21-5-2-3-7-25(21)26/h2-14,18-19,30,35H,17H2,1H3. The molecule has 0 saturated carbocycles. The molecule has 4 aromatic carbocycles. The summed E-state index contributed by atoms with van der Waals surface area (Å²) in [5, 5.41) is 25.1. The van der Waals surface area contributed by atoms with E-state index in [1.165, 1.54) is 0 Å². The molecule has 0 spiro atoms. The monoisotopic (exact) mass is 579 g/mol. The summed E-state index contributed by atoms with van der Waals surface area (Å²) in [4.78, 5) is 4.35. The van der Waals surface area contributed by atoms with Gasteiger partial charge in [0, 0.05) is 22.7 Å². The number of halogens is 1. The van der Waals surface area contributed by atoms with Crippen molar-refractivity contribution in [2.75, 3.05) is 0 Å². The molecule has 0 amide bonds. The molecule has 1 atom stereocenters. The third kappa shape index (κ3) is 4.61. The molecule has 0 aliphatic carbocycles. The van der Waals surface area contributed by atoms with E-state index in [1.54, 1.807) is 6.33 Å². The molecule has 1 N–H and O–H groups in total. The second kappa shape index (κ2) is 10.3. The number of nitrogens with one attached hydrogen (secondary N) is 1. The van der Waals surface area contributed by atoms with Crippen molar-refractivity contribution in [3.05, 3.63) is 123 Å². The number of rotatable bonds is 6. The predicted molar refractivity (Wildman–Crippen MR) is 150 cm³/mol. The minimum atomic E-state index is -0.146. The summed E-state index contributed by atoms with van der Waals surface area (Å²) in [5.74, 6) is 0. The van der Waals surface area contributed by atoms with Crippen LogP contribution in [0.25, 0.3) is 21.9 Å². The van der Waals surface area contributed by atoms with Gasteiger partial charge in [-0.2, -0.15) is 10.5 Å². The summed E-state index contributed by atoms with van der Waals surface area (Å²) in [6.45, 7) is 0.612. The molecule has 1 aromatic heterocycles. The maximum Gasteiger partial charge on any atom is 0.100 e. The zero-order valence-electron chi connectivity index (χ0n) is 19.6. The molecule has 6 heteroatoms. The van der Waals surface area contributed by atoms with Gasteiger partial charge < -0.3 is 9.88 Å². The van der Waals surface area contributed by atoms with E-state index in [-0.39, 0.29) is 6.04 Å². The van der Waals surface area contributed by atoms with Crippen molar-refractivity contribution >= 4 is 33.4 Å². The average Bonchev–Trinajstić information content (AvgIpc) is 3.34. The third-order valence-corrected chi connectivity index (χ3v) is 7.28. The number of aryl methyl sites for hydroxylation is 1. The second-order valence-electron chi connectivity index (χ2n) is 8.61. The van der Waals surface area contributed by atoms with Crippen LogP contribution in [0.1, 0.15) is 34.0 Å². The van der Waals surface area contributed by atoms with Gasteiger partial charge in [0.2, 0.25) is 0 Å². The van der Waals surface area contributed by atoms with Gasteiger partial charge in [0.05, 0.1) is 41.5 Å². The van der Waals surface area contributed by atoms with Crippen molar-refractivity contribution in [1.29, 1.82) is 10.5 Å². The van der Waals surface area contributed by atoms with Crippen molar-refractivity contribution in [2.24, 2.45) is 7.05 Å². The summed E-state index contributed by atoms with van der Waals surface area (Å²) in [6, 6.07) is 30.8. The second-order valence-corrected chi connectivity index (χ2v) is 9.78. The molecule has 0 radical (unpaired) electrons. The summed E-state index contributed by atoms with van der Waals surface area (Å²) in [5.41, 5.74) is 6.42. The largest absolute Gasteiger partial charge is 0.336 e. The molecule has 0 saturated heterocycles. The first-order chi connectivity index (χ1) is 17.6. The van der Waals surface area contributed by atoms with Gasteiger partial charge >= 0.3 is 0 Å². The number of nitrogens with zero attached hydrogens (tertiary/aromatic N) is 4. The molecule has 1 unspecified atom stereocenters. The van der Waals surface area contributed by atoms with Crippen LogP contribution in [-0.2, 0) is 13.6 Å². The van der Waals surface area contributed by atoms with E-state index in [2.05, 4.69) is 75.4 Å². The molecule has 0 aliphatic rings. The Bertz CT molecular complexity index is 1650. The Morgan fingerprint density at radius 3 is 2.44 bits per heavy atom. The summed E-state index contributed by atoms with van der Waals surface area (Å²) in [6.07, 6.45) is 3.67.